The zero-order valence-corrected chi connectivity index (χ0v) is 17.6. The van der Waals surface area contributed by atoms with Gasteiger partial charge in [0.2, 0.25) is 11.8 Å². The van der Waals surface area contributed by atoms with Gasteiger partial charge in [0.1, 0.15) is 0 Å². The fourth-order valence-corrected chi connectivity index (χ4v) is 4.98. The van der Waals surface area contributed by atoms with Crippen molar-refractivity contribution in [1.29, 1.82) is 0 Å². The number of carbonyl (C=O) groups is 2. The van der Waals surface area contributed by atoms with Crippen LogP contribution in [0.25, 0.3) is 0 Å². The van der Waals surface area contributed by atoms with E-state index in [-0.39, 0.29) is 17.7 Å². The van der Waals surface area contributed by atoms with E-state index in [2.05, 4.69) is 20.8 Å². The zero-order chi connectivity index (χ0) is 19.0. The van der Waals surface area contributed by atoms with E-state index in [1.165, 1.54) is 25.9 Å². The number of nitrogens with zero attached hydrogens (tertiary/aromatic N) is 3. The maximum atomic E-state index is 13.0. The van der Waals surface area contributed by atoms with Gasteiger partial charge in [-0.15, -0.1) is 0 Å². The van der Waals surface area contributed by atoms with Crippen LogP contribution in [0.1, 0.15) is 37.7 Å². The first kappa shape index (κ1) is 18.9. The minimum Gasteiger partial charge on any atom is -0.342 e. The third kappa shape index (κ3) is 3.92. The van der Waals surface area contributed by atoms with Gasteiger partial charge in [-0.2, -0.15) is 0 Å². The SMILES string of the molecule is Cc1cc(N2CC(C(=O)N3CCC(N4CCCC4)CC3)CC2=O)ccc1Br. The van der Waals surface area contributed by atoms with Gasteiger partial charge >= 0.3 is 0 Å². The summed E-state index contributed by atoms with van der Waals surface area (Å²) in [6.07, 6.45) is 5.10. The molecule has 1 aromatic rings. The molecule has 0 radical (unpaired) electrons. The second kappa shape index (κ2) is 7.92. The average Bonchev–Trinajstić information content (AvgIpc) is 3.34. The second-order valence-corrected chi connectivity index (χ2v) is 8.99. The van der Waals surface area contributed by atoms with Gasteiger partial charge in [0.05, 0.1) is 5.92 Å². The van der Waals surface area contributed by atoms with Crippen LogP contribution in [-0.4, -0.2) is 60.4 Å². The second-order valence-electron chi connectivity index (χ2n) is 8.14. The molecule has 3 heterocycles. The van der Waals surface area contributed by atoms with Crippen LogP contribution in [0.5, 0.6) is 0 Å². The molecule has 1 atom stereocenters. The molecule has 4 rings (SSSR count). The van der Waals surface area contributed by atoms with E-state index in [0.29, 0.717) is 19.0 Å². The molecule has 0 aromatic heterocycles. The van der Waals surface area contributed by atoms with Crippen molar-refractivity contribution in [1.82, 2.24) is 9.80 Å². The summed E-state index contributed by atoms with van der Waals surface area (Å²) in [7, 11) is 0. The number of likely N-dealkylation sites (tertiary alicyclic amines) is 2. The summed E-state index contributed by atoms with van der Waals surface area (Å²) in [5, 5.41) is 0. The van der Waals surface area contributed by atoms with E-state index in [1.807, 2.05) is 30.0 Å². The van der Waals surface area contributed by atoms with Crippen LogP contribution >= 0.6 is 15.9 Å². The summed E-state index contributed by atoms with van der Waals surface area (Å²) < 4.78 is 1.03. The Morgan fingerprint density at radius 3 is 2.48 bits per heavy atom. The molecule has 0 bridgehead atoms. The van der Waals surface area contributed by atoms with Gasteiger partial charge < -0.3 is 14.7 Å². The van der Waals surface area contributed by atoms with Crippen LogP contribution in [0.15, 0.2) is 22.7 Å². The monoisotopic (exact) mass is 433 g/mol. The third-order valence-corrected chi connectivity index (χ3v) is 7.25. The van der Waals surface area contributed by atoms with Gasteiger partial charge in [-0.1, -0.05) is 15.9 Å². The first-order valence-corrected chi connectivity index (χ1v) is 10.9. The van der Waals surface area contributed by atoms with Crippen molar-refractivity contribution in [3.63, 3.8) is 0 Å². The Balaban J connectivity index is 1.36. The predicted octanol–water partition coefficient (Wildman–Crippen LogP) is 3.20. The number of hydrogen-bond donors (Lipinski definition) is 0. The molecule has 6 heteroatoms. The normalized spacial score (nSPS) is 24.8. The number of rotatable bonds is 3. The Bertz CT molecular complexity index is 724. The molecular formula is C21H28BrN3O2. The molecule has 0 N–H and O–H groups in total. The fraction of sp³-hybridized carbons (Fsp3) is 0.619. The highest BCUT2D eigenvalue weighted by Crippen LogP contribution is 2.30. The molecular weight excluding hydrogens is 406 g/mol. The van der Waals surface area contributed by atoms with Crippen molar-refractivity contribution in [2.24, 2.45) is 5.92 Å². The Hall–Kier alpha value is -1.40. The summed E-state index contributed by atoms with van der Waals surface area (Å²) in [6, 6.07) is 6.57. The molecule has 1 aromatic carbocycles. The van der Waals surface area contributed by atoms with Crippen LogP contribution in [0.2, 0.25) is 0 Å². The molecule has 0 saturated carbocycles. The number of hydrogen-bond acceptors (Lipinski definition) is 3. The molecule has 2 amide bonds. The predicted molar refractivity (Wildman–Crippen MR) is 110 cm³/mol. The lowest BCUT2D eigenvalue weighted by molar-refractivity contribution is -0.137. The summed E-state index contributed by atoms with van der Waals surface area (Å²) in [5.41, 5.74) is 1.99. The maximum absolute atomic E-state index is 13.0. The van der Waals surface area contributed by atoms with Gasteiger partial charge in [0.15, 0.2) is 0 Å². The standard InChI is InChI=1S/C21H28BrN3O2/c1-15-12-18(4-5-19(15)22)25-14-16(13-20(25)26)21(27)24-10-6-17(7-11-24)23-8-2-3-9-23/h4-5,12,16-17H,2-3,6-11,13-14H2,1H3. The van der Waals surface area contributed by atoms with Crippen LogP contribution < -0.4 is 4.90 Å². The van der Waals surface area contributed by atoms with Crippen molar-refractivity contribution in [3.8, 4) is 0 Å². The van der Waals surface area contributed by atoms with E-state index in [9.17, 15) is 9.59 Å². The molecule has 1 unspecified atom stereocenters. The quantitative estimate of drug-likeness (QED) is 0.734. The summed E-state index contributed by atoms with van der Waals surface area (Å²) in [6.45, 7) is 6.63. The smallest absolute Gasteiger partial charge is 0.228 e. The largest absolute Gasteiger partial charge is 0.342 e. The molecule has 3 aliphatic rings. The first-order chi connectivity index (χ1) is 13.0. The van der Waals surface area contributed by atoms with Gasteiger partial charge in [0, 0.05) is 42.3 Å². The molecule has 0 spiro atoms. The van der Waals surface area contributed by atoms with Gasteiger partial charge in [-0.3, -0.25) is 9.59 Å². The van der Waals surface area contributed by atoms with Crippen molar-refractivity contribution < 1.29 is 9.59 Å². The molecule has 3 saturated heterocycles. The first-order valence-electron chi connectivity index (χ1n) is 10.1. The van der Waals surface area contributed by atoms with E-state index in [0.717, 1.165) is 41.7 Å². The van der Waals surface area contributed by atoms with Gasteiger partial charge in [0.25, 0.3) is 0 Å². The van der Waals surface area contributed by atoms with E-state index < -0.39 is 0 Å². The zero-order valence-electron chi connectivity index (χ0n) is 16.0. The Morgan fingerprint density at radius 2 is 1.81 bits per heavy atom. The Kier molecular flexibility index (Phi) is 5.55. The molecule has 0 aliphatic carbocycles. The van der Waals surface area contributed by atoms with Crippen molar-refractivity contribution in [2.75, 3.05) is 37.6 Å². The van der Waals surface area contributed by atoms with Crippen molar-refractivity contribution in [3.05, 3.63) is 28.2 Å². The van der Waals surface area contributed by atoms with E-state index >= 15 is 0 Å². The number of aryl methyl sites for hydroxylation is 1. The molecule has 27 heavy (non-hydrogen) atoms. The lowest BCUT2D eigenvalue weighted by Gasteiger charge is -2.37. The lowest BCUT2D eigenvalue weighted by atomic mass is 10.0. The Morgan fingerprint density at radius 1 is 1.11 bits per heavy atom. The molecule has 3 aliphatic heterocycles. The van der Waals surface area contributed by atoms with Crippen molar-refractivity contribution in [2.45, 2.75) is 45.1 Å². The number of benzene rings is 1. The highest BCUT2D eigenvalue weighted by atomic mass is 79.9. The molecule has 5 nitrogen and oxygen atoms in total. The maximum Gasteiger partial charge on any atom is 0.228 e. The van der Waals surface area contributed by atoms with E-state index in [4.69, 9.17) is 0 Å². The minimum absolute atomic E-state index is 0.0574. The third-order valence-electron chi connectivity index (χ3n) is 6.36. The summed E-state index contributed by atoms with van der Waals surface area (Å²) >= 11 is 3.50. The van der Waals surface area contributed by atoms with Crippen molar-refractivity contribution >= 4 is 33.4 Å². The Labute approximate surface area is 169 Å². The number of anilines is 1. The summed E-state index contributed by atoms with van der Waals surface area (Å²) in [4.78, 5) is 31.9. The molecule has 146 valence electrons. The minimum atomic E-state index is -0.204. The van der Waals surface area contributed by atoms with Crippen LogP contribution in [0.3, 0.4) is 0 Å². The highest BCUT2D eigenvalue weighted by molar-refractivity contribution is 9.10. The topological polar surface area (TPSA) is 43.9 Å². The van der Waals surface area contributed by atoms with Crippen LogP contribution in [-0.2, 0) is 9.59 Å². The fourth-order valence-electron chi connectivity index (χ4n) is 4.74. The number of carbonyl (C=O) groups excluding carboxylic acids is 2. The van der Waals surface area contributed by atoms with Gasteiger partial charge in [-0.05, 0) is 69.5 Å². The molecule has 3 fully saturated rings. The number of piperidine rings is 1. The highest BCUT2D eigenvalue weighted by Gasteiger charge is 2.38. The van der Waals surface area contributed by atoms with Crippen LogP contribution in [0, 0.1) is 12.8 Å². The van der Waals surface area contributed by atoms with E-state index in [1.54, 1.807) is 4.90 Å². The number of halogens is 1. The lowest BCUT2D eigenvalue weighted by Crippen LogP contribution is -2.47. The van der Waals surface area contributed by atoms with Crippen LogP contribution in [0.4, 0.5) is 5.69 Å². The number of amides is 2. The summed E-state index contributed by atoms with van der Waals surface area (Å²) in [5.74, 6) is 0.0198. The van der Waals surface area contributed by atoms with Gasteiger partial charge in [-0.25, -0.2) is 0 Å². The average molecular weight is 434 g/mol.